The molecule has 0 amide bonds. The van der Waals surface area contributed by atoms with Crippen LogP contribution in [0.2, 0.25) is 0 Å². The second-order valence-electron chi connectivity index (χ2n) is 5.58. The molecule has 0 spiro atoms. The zero-order chi connectivity index (χ0) is 13.6. The second kappa shape index (κ2) is 4.37. The molecular weight excluding hydrogens is 240 g/mol. The summed E-state index contributed by atoms with van der Waals surface area (Å²) in [5.74, 6) is -0.115. The van der Waals surface area contributed by atoms with Gasteiger partial charge in [-0.05, 0) is 43.9 Å². The first-order valence-electron chi connectivity index (χ1n) is 6.76. The van der Waals surface area contributed by atoms with Gasteiger partial charge in [0, 0.05) is 5.92 Å². The van der Waals surface area contributed by atoms with Crippen LogP contribution < -0.4 is 0 Å². The largest absolute Gasteiger partial charge is 0.481 e. The van der Waals surface area contributed by atoms with Crippen molar-refractivity contribution in [2.24, 2.45) is 5.92 Å². The molecular formula is C15H18N2O2. The first kappa shape index (κ1) is 12.2. The summed E-state index contributed by atoms with van der Waals surface area (Å²) in [6.45, 7) is 4.10. The number of nitrogens with one attached hydrogen (secondary N) is 1. The number of carboxylic acids is 1. The number of aromatic nitrogens is 2. The van der Waals surface area contributed by atoms with Gasteiger partial charge in [-0.2, -0.15) is 0 Å². The van der Waals surface area contributed by atoms with Crippen molar-refractivity contribution < 1.29 is 9.90 Å². The fourth-order valence-corrected chi connectivity index (χ4v) is 3.25. The summed E-state index contributed by atoms with van der Waals surface area (Å²) in [7, 11) is 0. The normalized spacial score (nSPS) is 23.1. The molecule has 0 saturated heterocycles. The van der Waals surface area contributed by atoms with E-state index in [4.69, 9.17) is 0 Å². The van der Waals surface area contributed by atoms with Crippen molar-refractivity contribution in [2.75, 3.05) is 0 Å². The van der Waals surface area contributed by atoms with Gasteiger partial charge in [0.05, 0.1) is 17.0 Å². The SMILES string of the molecule is Cc1cc(C)c2nc(C3CCCC3C(=O)O)[nH]c2c1. The van der Waals surface area contributed by atoms with Crippen LogP contribution in [0.5, 0.6) is 0 Å². The molecule has 100 valence electrons. The number of hydrogen-bond acceptors (Lipinski definition) is 2. The third kappa shape index (κ3) is 2.01. The van der Waals surface area contributed by atoms with E-state index in [0.29, 0.717) is 0 Å². The Balaban J connectivity index is 2.06. The number of rotatable bonds is 2. The summed E-state index contributed by atoms with van der Waals surface area (Å²) in [6, 6.07) is 4.18. The van der Waals surface area contributed by atoms with Crippen molar-refractivity contribution in [1.29, 1.82) is 0 Å². The van der Waals surface area contributed by atoms with E-state index < -0.39 is 5.97 Å². The molecule has 1 fully saturated rings. The van der Waals surface area contributed by atoms with E-state index in [1.54, 1.807) is 0 Å². The van der Waals surface area contributed by atoms with E-state index in [9.17, 15) is 9.90 Å². The number of aryl methyl sites for hydroxylation is 2. The summed E-state index contributed by atoms with van der Waals surface area (Å²) in [4.78, 5) is 19.3. The quantitative estimate of drug-likeness (QED) is 0.869. The van der Waals surface area contributed by atoms with Gasteiger partial charge in [0.25, 0.3) is 0 Å². The Kier molecular flexibility index (Phi) is 2.81. The van der Waals surface area contributed by atoms with Gasteiger partial charge >= 0.3 is 5.97 Å². The zero-order valence-corrected chi connectivity index (χ0v) is 11.2. The Hall–Kier alpha value is -1.84. The Morgan fingerprint density at radius 3 is 2.89 bits per heavy atom. The second-order valence-corrected chi connectivity index (χ2v) is 5.58. The average molecular weight is 258 g/mol. The molecule has 1 saturated carbocycles. The molecule has 0 bridgehead atoms. The molecule has 3 rings (SSSR count). The van der Waals surface area contributed by atoms with Gasteiger partial charge in [-0.3, -0.25) is 4.79 Å². The predicted molar refractivity (Wildman–Crippen MR) is 73.3 cm³/mol. The first-order chi connectivity index (χ1) is 9.06. The summed E-state index contributed by atoms with van der Waals surface area (Å²) in [6.07, 6.45) is 2.64. The standard InChI is InChI=1S/C15H18N2O2/c1-8-6-9(2)13-12(7-8)16-14(17-13)10-4-3-5-11(10)15(18)19/h6-7,10-11H,3-5H2,1-2H3,(H,16,17)(H,18,19). The number of carboxylic acid groups (broad SMARTS) is 1. The number of carbonyl (C=O) groups is 1. The van der Waals surface area contributed by atoms with Crippen LogP contribution in [-0.4, -0.2) is 21.0 Å². The third-order valence-electron chi connectivity index (χ3n) is 4.12. The lowest BCUT2D eigenvalue weighted by atomic mass is 9.96. The molecule has 2 N–H and O–H groups in total. The van der Waals surface area contributed by atoms with Crippen LogP contribution in [0.3, 0.4) is 0 Å². The van der Waals surface area contributed by atoms with Crippen LogP contribution >= 0.6 is 0 Å². The summed E-state index contributed by atoms with van der Waals surface area (Å²) in [5.41, 5.74) is 4.32. The van der Waals surface area contributed by atoms with Gasteiger partial charge in [0.2, 0.25) is 0 Å². The monoisotopic (exact) mass is 258 g/mol. The molecule has 1 aliphatic rings. The van der Waals surface area contributed by atoms with E-state index in [1.165, 1.54) is 5.56 Å². The number of aliphatic carboxylic acids is 1. The van der Waals surface area contributed by atoms with Crippen molar-refractivity contribution >= 4 is 17.0 Å². The highest BCUT2D eigenvalue weighted by atomic mass is 16.4. The van der Waals surface area contributed by atoms with E-state index in [1.807, 2.05) is 6.92 Å². The maximum Gasteiger partial charge on any atom is 0.307 e. The maximum absolute atomic E-state index is 11.3. The molecule has 2 atom stereocenters. The number of H-pyrrole nitrogens is 1. The van der Waals surface area contributed by atoms with E-state index in [2.05, 4.69) is 29.0 Å². The smallest absolute Gasteiger partial charge is 0.307 e. The number of nitrogens with zero attached hydrogens (tertiary/aromatic N) is 1. The maximum atomic E-state index is 11.3. The van der Waals surface area contributed by atoms with Crippen LogP contribution in [0.15, 0.2) is 12.1 Å². The van der Waals surface area contributed by atoms with Gasteiger partial charge in [-0.1, -0.05) is 12.5 Å². The molecule has 2 unspecified atom stereocenters. The summed E-state index contributed by atoms with van der Waals surface area (Å²) >= 11 is 0. The highest BCUT2D eigenvalue weighted by Crippen LogP contribution is 2.39. The van der Waals surface area contributed by atoms with Crippen LogP contribution in [0.4, 0.5) is 0 Å². The Morgan fingerprint density at radius 2 is 2.16 bits per heavy atom. The van der Waals surface area contributed by atoms with Gasteiger partial charge in [-0.25, -0.2) is 4.98 Å². The minimum atomic E-state index is -0.698. The number of hydrogen-bond donors (Lipinski definition) is 2. The first-order valence-corrected chi connectivity index (χ1v) is 6.76. The molecule has 19 heavy (non-hydrogen) atoms. The van der Waals surface area contributed by atoms with Gasteiger partial charge in [0.1, 0.15) is 5.82 Å². The van der Waals surface area contributed by atoms with Crippen molar-refractivity contribution in [3.8, 4) is 0 Å². The lowest BCUT2D eigenvalue weighted by Gasteiger charge is -2.12. The molecule has 1 aromatic heterocycles. The molecule has 0 aliphatic heterocycles. The molecule has 4 nitrogen and oxygen atoms in total. The minimum Gasteiger partial charge on any atom is -0.481 e. The van der Waals surface area contributed by atoms with Crippen LogP contribution in [0, 0.1) is 19.8 Å². The Morgan fingerprint density at radius 1 is 1.37 bits per heavy atom. The molecule has 2 aromatic rings. The topological polar surface area (TPSA) is 66.0 Å². The van der Waals surface area contributed by atoms with E-state index in [0.717, 1.165) is 41.7 Å². The lowest BCUT2D eigenvalue weighted by Crippen LogP contribution is -2.17. The summed E-state index contributed by atoms with van der Waals surface area (Å²) < 4.78 is 0. The number of benzene rings is 1. The van der Waals surface area contributed by atoms with E-state index >= 15 is 0 Å². The molecule has 1 aromatic carbocycles. The third-order valence-corrected chi connectivity index (χ3v) is 4.12. The molecule has 4 heteroatoms. The Bertz CT molecular complexity index is 645. The zero-order valence-electron chi connectivity index (χ0n) is 11.2. The van der Waals surface area contributed by atoms with Crippen LogP contribution in [-0.2, 0) is 4.79 Å². The van der Waals surface area contributed by atoms with Crippen molar-refractivity contribution in [3.05, 3.63) is 29.1 Å². The predicted octanol–water partition coefficient (Wildman–Crippen LogP) is 3.15. The number of fused-ring (bicyclic) bond motifs is 1. The molecule has 0 radical (unpaired) electrons. The van der Waals surface area contributed by atoms with Crippen LogP contribution in [0.1, 0.15) is 42.1 Å². The highest BCUT2D eigenvalue weighted by Gasteiger charge is 2.35. The number of imidazole rings is 1. The van der Waals surface area contributed by atoms with Gasteiger partial charge < -0.3 is 10.1 Å². The highest BCUT2D eigenvalue weighted by molar-refractivity contribution is 5.80. The Labute approximate surface area is 111 Å². The molecule has 1 aliphatic carbocycles. The summed E-state index contributed by atoms with van der Waals surface area (Å²) in [5, 5.41) is 9.28. The lowest BCUT2D eigenvalue weighted by molar-refractivity contribution is -0.142. The van der Waals surface area contributed by atoms with Crippen molar-refractivity contribution in [3.63, 3.8) is 0 Å². The van der Waals surface area contributed by atoms with Crippen molar-refractivity contribution in [1.82, 2.24) is 9.97 Å². The van der Waals surface area contributed by atoms with Crippen LogP contribution in [0.25, 0.3) is 11.0 Å². The fraction of sp³-hybridized carbons (Fsp3) is 0.467. The van der Waals surface area contributed by atoms with E-state index in [-0.39, 0.29) is 11.8 Å². The molecule has 1 heterocycles. The van der Waals surface area contributed by atoms with Crippen molar-refractivity contribution in [2.45, 2.75) is 39.0 Å². The van der Waals surface area contributed by atoms with Gasteiger partial charge in [-0.15, -0.1) is 0 Å². The fourth-order valence-electron chi connectivity index (χ4n) is 3.25. The van der Waals surface area contributed by atoms with Gasteiger partial charge in [0.15, 0.2) is 0 Å². The average Bonchev–Trinajstić information content (AvgIpc) is 2.92. The number of aromatic amines is 1. The minimum absolute atomic E-state index is 0.0320.